The van der Waals surface area contributed by atoms with Crippen molar-refractivity contribution in [2.75, 3.05) is 0 Å². The Labute approximate surface area is 173 Å². The van der Waals surface area contributed by atoms with Crippen molar-refractivity contribution < 1.29 is 28.3 Å². The molecule has 5 heterocycles. The molecule has 3 atom stereocenters. The summed E-state index contributed by atoms with van der Waals surface area (Å²) in [6, 6.07) is -0.317. The standard InChI is InChI=1S/C19H17N3O7S/c1-8(23)15-11-3-10(12-6-30-14-4-20-7-21(12)14)16(22(11)17(15)24)18(25)27-5-13-9(2)28-19(26)29-13/h4,6-8,11,15,23H,3,5H2,1-2H3/t8-,11-,15-/m1/s1. The molecule has 1 N–H and O–H groups in total. The van der Waals surface area contributed by atoms with E-state index in [-0.39, 0.29) is 35.8 Å². The van der Waals surface area contributed by atoms with Crippen LogP contribution < -0.4 is 5.82 Å². The summed E-state index contributed by atoms with van der Waals surface area (Å²) < 4.78 is 16.8. The molecule has 1 saturated heterocycles. The lowest BCUT2D eigenvalue weighted by atomic mass is 9.83. The monoisotopic (exact) mass is 431 g/mol. The first-order chi connectivity index (χ1) is 14.4. The summed E-state index contributed by atoms with van der Waals surface area (Å²) >= 11 is 1.47. The van der Waals surface area contributed by atoms with Gasteiger partial charge >= 0.3 is 11.8 Å². The molecule has 11 heteroatoms. The van der Waals surface area contributed by atoms with Crippen molar-refractivity contribution in [1.29, 1.82) is 0 Å². The number of β-lactam (4-membered cyclic amide) rings is 1. The molecule has 0 radical (unpaired) electrons. The number of nitrogens with zero attached hydrogens (tertiary/aromatic N) is 3. The van der Waals surface area contributed by atoms with Crippen LogP contribution in [0, 0.1) is 12.8 Å². The molecule has 30 heavy (non-hydrogen) atoms. The minimum Gasteiger partial charge on any atom is -0.453 e. The summed E-state index contributed by atoms with van der Waals surface area (Å²) in [7, 11) is 0. The van der Waals surface area contributed by atoms with Crippen molar-refractivity contribution in [1.82, 2.24) is 14.3 Å². The smallest absolute Gasteiger partial charge is 0.453 e. The lowest BCUT2D eigenvalue weighted by Gasteiger charge is -2.44. The maximum atomic E-state index is 13.0. The first-order valence-corrected chi connectivity index (χ1v) is 10.2. The van der Waals surface area contributed by atoms with E-state index in [4.69, 9.17) is 13.6 Å². The Morgan fingerprint density at radius 1 is 1.43 bits per heavy atom. The van der Waals surface area contributed by atoms with Gasteiger partial charge in [-0.05, 0) is 20.3 Å². The van der Waals surface area contributed by atoms with E-state index in [1.807, 2.05) is 9.78 Å². The number of ether oxygens (including phenoxy) is 1. The molecule has 3 aromatic rings. The van der Waals surface area contributed by atoms with E-state index in [0.29, 0.717) is 12.0 Å². The van der Waals surface area contributed by atoms with E-state index in [2.05, 4.69) is 4.98 Å². The Kier molecular flexibility index (Phi) is 4.19. The second-order valence-electron chi connectivity index (χ2n) is 7.31. The van der Waals surface area contributed by atoms with Gasteiger partial charge in [-0.25, -0.2) is 14.6 Å². The Balaban J connectivity index is 1.51. The molecule has 156 valence electrons. The van der Waals surface area contributed by atoms with Gasteiger partial charge in [-0.3, -0.25) is 9.20 Å². The number of aryl methyl sites for hydroxylation is 1. The van der Waals surface area contributed by atoms with E-state index in [9.17, 15) is 19.5 Å². The average Bonchev–Trinajstić information content (AvgIpc) is 3.41. The van der Waals surface area contributed by atoms with Gasteiger partial charge in [0.1, 0.15) is 16.9 Å². The van der Waals surface area contributed by atoms with Crippen molar-refractivity contribution >= 4 is 33.6 Å². The number of amides is 1. The number of aromatic nitrogens is 2. The quantitative estimate of drug-likeness (QED) is 0.473. The van der Waals surface area contributed by atoms with Gasteiger partial charge in [0, 0.05) is 11.0 Å². The molecule has 10 nitrogen and oxygen atoms in total. The summed E-state index contributed by atoms with van der Waals surface area (Å²) in [6.45, 7) is 2.79. The van der Waals surface area contributed by atoms with E-state index >= 15 is 0 Å². The zero-order valence-corrected chi connectivity index (χ0v) is 16.8. The first-order valence-electron chi connectivity index (χ1n) is 9.27. The average molecular weight is 431 g/mol. The number of rotatable bonds is 5. The van der Waals surface area contributed by atoms with Crippen LogP contribution in [0.1, 0.15) is 30.6 Å². The third-order valence-electron chi connectivity index (χ3n) is 5.56. The second-order valence-corrected chi connectivity index (χ2v) is 8.20. The van der Waals surface area contributed by atoms with Crippen LogP contribution in [0.2, 0.25) is 0 Å². The first kappa shape index (κ1) is 18.8. The molecule has 0 bridgehead atoms. The molecule has 5 rings (SSSR count). The maximum absolute atomic E-state index is 13.0. The van der Waals surface area contributed by atoms with Gasteiger partial charge < -0.3 is 23.6 Å². The molecule has 0 aliphatic carbocycles. The highest BCUT2D eigenvalue weighted by atomic mass is 32.1. The van der Waals surface area contributed by atoms with Gasteiger partial charge in [-0.2, -0.15) is 0 Å². The van der Waals surface area contributed by atoms with Crippen LogP contribution in [0.4, 0.5) is 0 Å². The molecular weight excluding hydrogens is 414 g/mol. The number of hydrogen-bond donors (Lipinski definition) is 1. The van der Waals surface area contributed by atoms with Crippen LogP contribution >= 0.6 is 11.3 Å². The van der Waals surface area contributed by atoms with Crippen LogP contribution in [-0.4, -0.2) is 43.4 Å². The summed E-state index contributed by atoms with van der Waals surface area (Å²) in [6.07, 6.45) is 2.94. The Bertz CT molecular complexity index is 1260. The largest absolute Gasteiger partial charge is 0.519 e. The van der Waals surface area contributed by atoms with E-state index in [1.165, 1.54) is 23.2 Å². The fraction of sp³-hybridized carbons (Fsp3) is 0.368. The predicted octanol–water partition coefficient (Wildman–Crippen LogP) is 1.32. The van der Waals surface area contributed by atoms with Crippen molar-refractivity contribution in [3.63, 3.8) is 0 Å². The maximum Gasteiger partial charge on any atom is 0.519 e. The van der Waals surface area contributed by atoms with E-state index in [1.54, 1.807) is 19.4 Å². The van der Waals surface area contributed by atoms with Crippen LogP contribution in [0.3, 0.4) is 0 Å². The Morgan fingerprint density at radius 3 is 2.93 bits per heavy atom. The molecule has 0 unspecified atom stereocenters. The van der Waals surface area contributed by atoms with Gasteiger partial charge in [-0.15, -0.1) is 11.3 Å². The highest BCUT2D eigenvalue weighted by molar-refractivity contribution is 7.15. The second kappa shape index (κ2) is 6.67. The number of carbonyl (C=O) groups excluding carboxylic acids is 2. The highest BCUT2D eigenvalue weighted by Crippen LogP contribution is 2.47. The van der Waals surface area contributed by atoms with Crippen LogP contribution in [0.5, 0.6) is 0 Å². The summed E-state index contributed by atoms with van der Waals surface area (Å²) in [5.41, 5.74) is 1.53. The topological polar surface area (TPSA) is 127 Å². The Hall–Kier alpha value is -3.18. The fourth-order valence-electron chi connectivity index (χ4n) is 4.13. The molecule has 0 saturated carbocycles. The van der Waals surface area contributed by atoms with Crippen LogP contribution in [0.15, 0.2) is 37.2 Å². The van der Waals surface area contributed by atoms with Gasteiger partial charge in [0.25, 0.3) is 0 Å². The van der Waals surface area contributed by atoms with Crippen LogP contribution in [-0.2, 0) is 20.9 Å². The minimum absolute atomic E-state index is 0.106. The van der Waals surface area contributed by atoms with Crippen LogP contribution in [0.25, 0.3) is 10.4 Å². The van der Waals surface area contributed by atoms with Gasteiger partial charge in [0.2, 0.25) is 5.91 Å². The number of aliphatic hydroxyl groups is 1. The molecule has 1 fully saturated rings. The van der Waals surface area contributed by atoms with Gasteiger partial charge in [0.15, 0.2) is 18.1 Å². The molecule has 3 aromatic heterocycles. The van der Waals surface area contributed by atoms with Crippen molar-refractivity contribution in [2.24, 2.45) is 5.92 Å². The SMILES string of the molecule is Cc1oc(=O)oc1COC(=O)C1=C(c2csc3cncn23)C[C@@H]2[C@@H]([C@@H](C)O)C(=O)N12. The predicted molar refractivity (Wildman–Crippen MR) is 102 cm³/mol. The number of carbonyl (C=O) groups is 2. The summed E-state index contributed by atoms with van der Waals surface area (Å²) in [5.74, 6) is -2.16. The summed E-state index contributed by atoms with van der Waals surface area (Å²) in [5, 5.41) is 11.9. The van der Waals surface area contributed by atoms with Gasteiger partial charge in [-0.1, -0.05) is 0 Å². The molecule has 2 aliphatic heterocycles. The van der Waals surface area contributed by atoms with Crippen molar-refractivity contribution in [3.05, 3.63) is 51.4 Å². The lowest BCUT2D eigenvalue weighted by Crippen LogP contribution is -2.61. The zero-order chi connectivity index (χ0) is 21.2. The van der Waals surface area contributed by atoms with Crippen molar-refractivity contribution in [2.45, 2.75) is 39.0 Å². The highest BCUT2D eigenvalue weighted by Gasteiger charge is 2.57. The lowest BCUT2D eigenvalue weighted by molar-refractivity contribution is -0.162. The number of fused-ring (bicyclic) bond motifs is 2. The minimum atomic E-state index is -0.877. The third-order valence-corrected chi connectivity index (χ3v) is 6.44. The number of imidazole rings is 1. The van der Waals surface area contributed by atoms with E-state index in [0.717, 1.165) is 10.5 Å². The van der Waals surface area contributed by atoms with Crippen molar-refractivity contribution in [3.8, 4) is 0 Å². The number of aliphatic hydroxyl groups excluding tert-OH is 1. The van der Waals surface area contributed by atoms with Gasteiger partial charge in [0.05, 0.1) is 30.0 Å². The molecule has 0 aromatic carbocycles. The van der Waals surface area contributed by atoms with E-state index < -0.39 is 23.8 Å². The Morgan fingerprint density at radius 2 is 2.23 bits per heavy atom. The number of hydrogen-bond acceptors (Lipinski definition) is 9. The molecule has 2 aliphatic rings. The molecular formula is C19H17N3O7S. The normalized spacial score (nSPS) is 21.8. The number of esters is 1. The number of thiazole rings is 1. The fourth-order valence-corrected chi connectivity index (χ4v) is 5.00. The third kappa shape index (κ3) is 2.66. The zero-order valence-electron chi connectivity index (χ0n) is 16.0. The molecule has 0 spiro atoms. The molecule has 1 amide bonds. The summed E-state index contributed by atoms with van der Waals surface area (Å²) in [4.78, 5) is 43.3.